The van der Waals surface area contributed by atoms with Gasteiger partial charge in [0.05, 0.1) is 26.4 Å². The monoisotopic (exact) mass is 462 g/mol. The van der Waals surface area contributed by atoms with Crippen molar-refractivity contribution in [3.63, 3.8) is 0 Å². The number of fused-ring (bicyclic) bond motifs is 3. The van der Waals surface area contributed by atoms with E-state index in [2.05, 4.69) is 29.6 Å². The Labute approximate surface area is 199 Å². The van der Waals surface area contributed by atoms with Crippen molar-refractivity contribution in [1.29, 1.82) is 0 Å². The predicted molar refractivity (Wildman–Crippen MR) is 131 cm³/mol. The normalized spacial score (nSPS) is 12.1. The van der Waals surface area contributed by atoms with Gasteiger partial charge in [-0.25, -0.2) is 4.79 Å². The fourth-order valence-electron chi connectivity index (χ4n) is 3.98. The highest BCUT2D eigenvalue weighted by atomic mass is 16.6. The molecule has 0 atom stereocenters. The highest BCUT2D eigenvalue weighted by Gasteiger charge is 2.28. The number of nitrogens with one attached hydrogen (secondary N) is 1. The van der Waals surface area contributed by atoms with Crippen molar-refractivity contribution in [3.8, 4) is 16.9 Å². The van der Waals surface area contributed by atoms with Crippen molar-refractivity contribution in [3.05, 3.63) is 83.9 Å². The number of nitrogen functional groups attached to an aromatic ring is 1. The van der Waals surface area contributed by atoms with Gasteiger partial charge in [-0.15, -0.1) is 0 Å². The van der Waals surface area contributed by atoms with Crippen LogP contribution in [0.2, 0.25) is 0 Å². The summed E-state index contributed by atoms with van der Waals surface area (Å²) in [6.45, 7) is 2.86. The molecule has 0 aliphatic heterocycles. The van der Waals surface area contributed by atoms with Crippen LogP contribution in [0.4, 0.5) is 10.5 Å². The topological polar surface area (TPSA) is 92.0 Å². The van der Waals surface area contributed by atoms with E-state index in [-0.39, 0.29) is 5.92 Å². The van der Waals surface area contributed by atoms with Gasteiger partial charge < -0.3 is 30.0 Å². The molecule has 0 spiro atoms. The zero-order chi connectivity index (χ0) is 23.6. The van der Waals surface area contributed by atoms with Crippen LogP contribution in [0.5, 0.6) is 5.75 Å². The first-order valence-electron chi connectivity index (χ1n) is 11.4. The first-order valence-corrected chi connectivity index (χ1v) is 11.4. The lowest BCUT2D eigenvalue weighted by molar-refractivity contribution is 0.0369. The molecule has 0 saturated carbocycles. The van der Waals surface area contributed by atoms with Gasteiger partial charge >= 0.3 is 6.09 Å². The summed E-state index contributed by atoms with van der Waals surface area (Å²) in [5, 5.41) is 2.73. The number of carbonyl (C=O) groups is 1. The SMILES string of the molecule is Nc1ccc(OCCOCCOCCNC(=O)OCC2c3ccccc3-c3ccccc32)cc1. The van der Waals surface area contributed by atoms with E-state index in [1.165, 1.54) is 22.3 Å². The molecule has 1 amide bonds. The summed E-state index contributed by atoms with van der Waals surface area (Å²) in [6.07, 6.45) is -0.443. The average Bonchev–Trinajstić information content (AvgIpc) is 3.18. The van der Waals surface area contributed by atoms with Crippen LogP contribution in [-0.4, -0.2) is 52.3 Å². The summed E-state index contributed by atoms with van der Waals surface area (Å²) in [6, 6.07) is 23.8. The Kier molecular flexibility index (Phi) is 8.38. The van der Waals surface area contributed by atoms with Gasteiger partial charge in [0.1, 0.15) is 19.0 Å². The molecule has 178 valence electrons. The van der Waals surface area contributed by atoms with E-state index in [0.29, 0.717) is 51.9 Å². The van der Waals surface area contributed by atoms with E-state index < -0.39 is 6.09 Å². The van der Waals surface area contributed by atoms with Crippen LogP contribution in [0.25, 0.3) is 11.1 Å². The van der Waals surface area contributed by atoms with E-state index in [1.54, 1.807) is 12.1 Å². The molecule has 3 aromatic carbocycles. The van der Waals surface area contributed by atoms with E-state index in [9.17, 15) is 4.79 Å². The lowest BCUT2D eigenvalue weighted by atomic mass is 9.98. The number of alkyl carbamates (subject to hydrolysis) is 1. The van der Waals surface area contributed by atoms with Gasteiger partial charge in [0.2, 0.25) is 0 Å². The molecular weight excluding hydrogens is 432 g/mol. The van der Waals surface area contributed by atoms with Crippen molar-refractivity contribution in [2.24, 2.45) is 0 Å². The number of rotatable bonds is 12. The van der Waals surface area contributed by atoms with Gasteiger partial charge in [-0.3, -0.25) is 0 Å². The molecule has 34 heavy (non-hydrogen) atoms. The van der Waals surface area contributed by atoms with E-state index in [0.717, 1.165) is 5.75 Å². The van der Waals surface area contributed by atoms with Gasteiger partial charge in [-0.05, 0) is 46.5 Å². The van der Waals surface area contributed by atoms with Crippen LogP contribution >= 0.6 is 0 Å². The molecule has 3 aromatic rings. The third-order valence-corrected chi connectivity index (χ3v) is 5.61. The third-order valence-electron chi connectivity index (χ3n) is 5.61. The Bertz CT molecular complexity index is 1030. The number of hydrogen-bond acceptors (Lipinski definition) is 6. The molecule has 0 bridgehead atoms. The van der Waals surface area contributed by atoms with Crippen LogP contribution in [-0.2, 0) is 14.2 Å². The predicted octanol–water partition coefficient (Wildman–Crippen LogP) is 4.22. The maximum atomic E-state index is 12.1. The lowest BCUT2D eigenvalue weighted by Crippen LogP contribution is -2.29. The molecule has 0 fully saturated rings. The Morgan fingerprint density at radius 3 is 2.03 bits per heavy atom. The Morgan fingerprint density at radius 2 is 1.35 bits per heavy atom. The van der Waals surface area contributed by atoms with Gasteiger partial charge in [0.25, 0.3) is 0 Å². The minimum Gasteiger partial charge on any atom is -0.491 e. The number of carbonyl (C=O) groups excluding carboxylic acids is 1. The minimum absolute atomic E-state index is 0.0514. The Balaban J connectivity index is 1.05. The molecule has 0 unspecified atom stereocenters. The Hall–Kier alpha value is -3.55. The summed E-state index contributed by atoms with van der Waals surface area (Å²) in [7, 11) is 0. The molecule has 0 aromatic heterocycles. The van der Waals surface area contributed by atoms with Gasteiger partial charge in [0, 0.05) is 18.2 Å². The van der Waals surface area contributed by atoms with E-state index >= 15 is 0 Å². The molecule has 1 aliphatic carbocycles. The van der Waals surface area contributed by atoms with Crippen molar-refractivity contribution < 1.29 is 23.7 Å². The second kappa shape index (κ2) is 12.1. The van der Waals surface area contributed by atoms with Crippen molar-refractivity contribution in [1.82, 2.24) is 5.32 Å². The standard InChI is InChI=1S/C27H30N2O5/c28-20-9-11-21(12-10-20)33-18-17-32-16-15-31-14-13-29-27(30)34-19-26-24-7-3-1-5-22(24)23-6-2-4-8-25(23)26/h1-12,26H,13-19,28H2,(H,29,30). The number of anilines is 1. The van der Waals surface area contributed by atoms with Crippen LogP contribution < -0.4 is 15.8 Å². The van der Waals surface area contributed by atoms with Crippen LogP contribution in [0.15, 0.2) is 72.8 Å². The number of ether oxygens (including phenoxy) is 4. The first-order chi connectivity index (χ1) is 16.7. The van der Waals surface area contributed by atoms with Gasteiger partial charge in [-0.2, -0.15) is 0 Å². The molecule has 7 heteroatoms. The Morgan fingerprint density at radius 1 is 0.765 bits per heavy atom. The molecule has 7 nitrogen and oxygen atoms in total. The largest absolute Gasteiger partial charge is 0.491 e. The summed E-state index contributed by atoms with van der Waals surface area (Å²) in [4.78, 5) is 12.1. The molecule has 0 heterocycles. The zero-order valence-electron chi connectivity index (χ0n) is 19.1. The quantitative estimate of drug-likeness (QED) is 0.309. The second-order valence-electron chi connectivity index (χ2n) is 7.89. The number of benzene rings is 3. The maximum absolute atomic E-state index is 12.1. The minimum atomic E-state index is -0.443. The molecule has 0 radical (unpaired) electrons. The summed E-state index contributed by atoms with van der Waals surface area (Å²) < 4.78 is 22.0. The maximum Gasteiger partial charge on any atom is 0.407 e. The van der Waals surface area contributed by atoms with Crippen LogP contribution in [0, 0.1) is 0 Å². The molecule has 4 rings (SSSR count). The molecular formula is C27H30N2O5. The highest BCUT2D eigenvalue weighted by molar-refractivity contribution is 5.79. The highest BCUT2D eigenvalue weighted by Crippen LogP contribution is 2.44. The second-order valence-corrected chi connectivity index (χ2v) is 7.89. The number of amides is 1. The van der Waals surface area contributed by atoms with Crippen LogP contribution in [0.1, 0.15) is 17.0 Å². The first kappa shape index (κ1) is 23.6. The van der Waals surface area contributed by atoms with Crippen LogP contribution in [0.3, 0.4) is 0 Å². The molecule has 0 saturated heterocycles. The number of hydrogen-bond donors (Lipinski definition) is 2. The van der Waals surface area contributed by atoms with Crippen molar-refractivity contribution in [2.75, 3.05) is 51.9 Å². The third kappa shape index (κ3) is 6.27. The van der Waals surface area contributed by atoms with Crippen molar-refractivity contribution >= 4 is 11.8 Å². The zero-order valence-corrected chi connectivity index (χ0v) is 19.1. The summed E-state index contributed by atoms with van der Waals surface area (Å²) in [5.74, 6) is 0.809. The molecule has 3 N–H and O–H groups in total. The summed E-state index contributed by atoms with van der Waals surface area (Å²) in [5.41, 5.74) is 11.1. The van der Waals surface area contributed by atoms with Gasteiger partial charge in [0.15, 0.2) is 0 Å². The van der Waals surface area contributed by atoms with E-state index in [1.807, 2.05) is 36.4 Å². The van der Waals surface area contributed by atoms with Gasteiger partial charge in [-0.1, -0.05) is 48.5 Å². The lowest BCUT2D eigenvalue weighted by Gasteiger charge is -2.14. The average molecular weight is 463 g/mol. The fraction of sp³-hybridized carbons (Fsp3) is 0.296. The van der Waals surface area contributed by atoms with E-state index in [4.69, 9.17) is 24.7 Å². The number of nitrogens with two attached hydrogens (primary N) is 1. The molecule has 1 aliphatic rings. The summed E-state index contributed by atoms with van der Waals surface area (Å²) >= 11 is 0. The fourth-order valence-corrected chi connectivity index (χ4v) is 3.98. The van der Waals surface area contributed by atoms with Crippen molar-refractivity contribution in [2.45, 2.75) is 5.92 Å². The smallest absolute Gasteiger partial charge is 0.407 e.